The van der Waals surface area contributed by atoms with Crippen LogP contribution in [-0.4, -0.2) is 30.7 Å². The molecular formula is C19H15F6N5O. The van der Waals surface area contributed by atoms with Crippen LogP contribution < -0.4 is 0 Å². The van der Waals surface area contributed by atoms with Crippen LogP contribution in [0.25, 0.3) is 28.3 Å². The Balaban J connectivity index is 2.10. The third kappa shape index (κ3) is 3.20. The van der Waals surface area contributed by atoms with Crippen molar-refractivity contribution in [2.45, 2.75) is 38.5 Å². The van der Waals surface area contributed by atoms with Gasteiger partial charge in [-0.3, -0.25) is 4.40 Å². The molecule has 0 aliphatic rings. The number of nitrogens with zero attached hydrogens (tertiary/aromatic N) is 5. The number of pyridine rings is 2. The highest BCUT2D eigenvalue weighted by molar-refractivity contribution is 5.84. The fourth-order valence-electron chi connectivity index (χ4n) is 3.08. The number of alkyl halides is 6. The predicted molar refractivity (Wildman–Crippen MR) is 97.0 cm³/mol. The third-order valence-corrected chi connectivity index (χ3v) is 5.26. The van der Waals surface area contributed by atoms with E-state index in [0.717, 1.165) is 19.4 Å². The molecule has 0 N–H and O–H groups in total. The van der Waals surface area contributed by atoms with Crippen LogP contribution in [0.4, 0.5) is 26.3 Å². The van der Waals surface area contributed by atoms with E-state index in [1.165, 1.54) is 30.5 Å². The number of rotatable bonds is 4. The molecule has 164 valence electrons. The zero-order chi connectivity index (χ0) is 22.8. The summed E-state index contributed by atoms with van der Waals surface area (Å²) in [5.74, 6) is -5.98. The van der Waals surface area contributed by atoms with E-state index >= 15 is 4.39 Å². The van der Waals surface area contributed by atoms with Gasteiger partial charge in [-0.2, -0.15) is 22.0 Å². The zero-order valence-corrected chi connectivity index (χ0v) is 16.4. The lowest BCUT2D eigenvalue weighted by Crippen LogP contribution is -2.35. The highest BCUT2D eigenvalue weighted by atomic mass is 19.4. The molecule has 0 radical (unpaired) electrons. The molecule has 0 saturated carbocycles. The van der Waals surface area contributed by atoms with Crippen molar-refractivity contribution in [3.05, 3.63) is 42.0 Å². The van der Waals surface area contributed by atoms with Crippen molar-refractivity contribution < 1.29 is 30.8 Å². The molecular weight excluding hydrogens is 428 g/mol. The Morgan fingerprint density at radius 3 is 2.32 bits per heavy atom. The molecule has 4 aromatic heterocycles. The zero-order valence-electron chi connectivity index (χ0n) is 16.4. The highest BCUT2D eigenvalue weighted by Gasteiger charge is 2.59. The molecule has 0 aliphatic carbocycles. The number of hydrogen-bond acceptors (Lipinski definition) is 5. The van der Waals surface area contributed by atoms with Crippen molar-refractivity contribution in [3.63, 3.8) is 0 Å². The summed E-state index contributed by atoms with van der Waals surface area (Å²) in [6, 6.07) is 2.78. The normalized spacial score (nSPS) is 15.2. The van der Waals surface area contributed by atoms with Crippen LogP contribution in [0.1, 0.15) is 32.0 Å². The van der Waals surface area contributed by atoms with Gasteiger partial charge in [0.2, 0.25) is 6.39 Å². The topological polar surface area (TPSA) is 69.1 Å². The monoisotopic (exact) mass is 443 g/mol. The van der Waals surface area contributed by atoms with Gasteiger partial charge in [0.25, 0.3) is 5.89 Å². The average molecular weight is 443 g/mol. The molecule has 12 heteroatoms. The molecule has 0 bridgehead atoms. The highest BCUT2D eigenvalue weighted by Crippen LogP contribution is 2.47. The lowest BCUT2D eigenvalue weighted by Gasteiger charge is -2.27. The van der Waals surface area contributed by atoms with Gasteiger partial charge >= 0.3 is 12.1 Å². The minimum absolute atomic E-state index is 0.00589. The van der Waals surface area contributed by atoms with E-state index in [9.17, 15) is 22.0 Å². The second kappa shape index (κ2) is 6.66. The Bertz CT molecular complexity index is 1260. The maximum absolute atomic E-state index is 15.3. The number of imidazole rings is 1. The van der Waals surface area contributed by atoms with E-state index < -0.39 is 40.3 Å². The van der Waals surface area contributed by atoms with Crippen molar-refractivity contribution in [1.29, 1.82) is 0 Å². The molecule has 0 spiro atoms. The first-order valence-corrected chi connectivity index (χ1v) is 9.08. The summed E-state index contributed by atoms with van der Waals surface area (Å²) in [7, 11) is 0. The SMILES string of the molecule is CC(C)[C@](C)(F)c1cc(C(F)(F)C(F)(F)F)c2ccc3nc(-c4nnco4)cn3c2n1. The molecule has 0 unspecified atom stereocenters. The summed E-state index contributed by atoms with van der Waals surface area (Å²) in [5.41, 5.74) is -4.21. The molecule has 0 aliphatic heterocycles. The number of aromatic nitrogens is 5. The Labute approximate surface area is 170 Å². The third-order valence-electron chi connectivity index (χ3n) is 5.26. The minimum atomic E-state index is -5.89. The van der Waals surface area contributed by atoms with Crippen molar-refractivity contribution in [1.82, 2.24) is 24.6 Å². The molecule has 1 atom stereocenters. The number of fused-ring (bicyclic) bond motifs is 3. The molecule has 31 heavy (non-hydrogen) atoms. The Morgan fingerprint density at radius 1 is 1.03 bits per heavy atom. The summed E-state index contributed by atoms with van der Waals surface area (Å²) in [4.78, 5) is 8.32. The van der Waals surface area contributed by atoms with Crippen LogP contribution in [-0.2, 0) is 11.6 Å². The first kappa shape index (κ1) is 21.1. The fourth-order valence-corrected chi connectivity index (χ4v) is 3.08. The molecule has 0 aromatic carbocycles. The average Bonchev–Trinajstić information content (AvgIpc) is 3.35. The van der Waals surface area contributed by atoms with Gasteiger partial charge in [0.05, 0.1) is 5.69 Å². The second-order valence-electron chi connectivity index (χ2n) is 7.53. The quantitative estimate of drug-likeness (QED) is 0.394. The first-order chi connectivity index (χ1) is 14.3. The van der Waals surface area contributed by atoms with E-state index in [4.69, 9.17) is 4.42 Å². The van der Waals surface area contributed by atoms with E-state index in [1.807, 2.05) is 0 Å². The van der Waals surface area contributed by atoms with Crippen LogP contribution in [0.5, 0.6) is 0 Å². The summed E-state index contributed by atoms with van der Waals surface area (Å²) in [6.07, 6.45) is -3.54. The summed E-state index contributed by atoms with van der Waals surface area (Å²) >= 11 is 0. The van der Waals surface area contributed by atoms with Gasteiger partial charge in [-0.15, -0.1) is 10.2 Å². The Morgan fingerprint density at radius 2 is 1.74 bits per heavy atom. The standard InChI is InChI=1S/C19H15F6N5O/c1-9(2)17(3,20)13-6-11(18(21,22)19(23,24)25)10-4-5-14-27-12(16-29-26-8-31-16)7-30(14)15(10)28-13/h4-9H,1-3H3/t17-/m0/s1. The van der Waals surface area contributed by atoms with Crippen LogP contribution in [0.3, 0.4) is 0 Å². The molecule has 4 rings (SSSR count). The molecule has 4 aromatic rings. The lowest BCUT2D eigenvalue weighted by atomic mass is 9.88. The van der Waals surface area contributed by atoms with E-state index in [1.54, 1.807) is 0 Å². The number of halogens is 6. The molecule has 6 nitrogen and oxygen atoms in total. The molecule has 0 amide bonds. The van der Waals surface area contributed by atoms with Crippen molar-refractivity contribution in [2.75, 3.05) is 0 Å². The van der Waals surface area contributed by atoms with E-state index in [2.05, 4.69) is 20.2 Å². The van der Waals surface area contributed by atoms with Crippen molar-refractivity contribution in [3.8, 4) is 11.6 Å². The van der Waals surface area contributed by atoms with Gasteiger partial charge in [0.1, 0.15) is 17.0 Å². The predicted octanol–water partition coefficient (Wildman–Crippen LogP) is 5.43. The maximum Gasteiger partial charge on any atom is 0.458 e. The van der Waals surface area contributed by atoms with Crippen LogP contribution in [0, 0.1) is 5.92 Å². The fraction of sp³-hybridized carbons (Fsp3) is 0.368. The second-order valence-corrected chi connectivity index (χ2v) is 7.53. The minimum Gasteiger partial charge on any atom is -0.422 e. The van der Waals surface area contributed by atoms with Gasteiger partial charge in [-0.25, -0.2) is 14.4 Å². The molecule has 0 fully saturated rings. The van der Waals surface area contributed by atoms with E-state index in [0.29, 0.717) is 6.07 Å². The van der Waals surface area contributed by atoms with Crippen LogP contribution in [0.15, 0.2) is 35.2 Å². The van der Waals surface area contributed by atoms with Gasteiger partial charge in [-0.1, -0.05) is 13.8 Å². The van der Waals surface area contributed by atoms with Gasteiger partial charge < -0.3 is 4.42 Å². The number of hydrogen-bond donors (Lipinski definition) is 0. The van der Waals surface area contributed by atoms with Crippen LogP contribution in [0.2, 0.25) is 0 Å². The largest absolute Gasteiger partial charge is 0.458 e. The van der Waals surface area contributed by atoms with Crippen molar-refractivity contribution >= 4 is 16.7 Å². The summed E-state index contributed by atoms with van der Waals surface area (Å²) < 4.78 is 90.1. The van der Waals surface area contributed by atoms with Gasteiger partial charge in [-0.05, 0) is 31.0 Å². The summed E-state index contributed by atoms with van der Waals surface area (Å²) in [6.45, 7) is 4.02. The summed E-state index contributed by atoms with van der Waals surface area (Å²) in [5, 5.41) is 6.71. The van der Waals surface area contributed by atoms with Gasteiger partial charge in [0.15, 0.2) is 5.67 Å². The van der Waals surface area contributed by atoms with Gasteiger partial charge in [0, 0.05) is 17.1 Å². The Kier molecular flexibility index (Phi) is 4.53. The van der Waals surface area contributed by atoms with Crippen LogP contribution >= 0.6 is 0 Å². The lowest BCUT2D eigenvalue weighted by molar-refractivity contribution is -0.288. The molecule has 0 saturated heterocycles. The molecule has 4 heterocycles. The Hall–Kier alpha value is -3.18. The smallest absolute Gasteiger partial charge is 0.422 e. The van der Waals surface area contributed by atoms with Crippen molar-refractivity contribution in [2.24, 2.45) is 5.92 Å². The van der Waals surface area contributed by atoms with E-state index in [-0.39, 0.29) is 22.9 Å². The first-order valence-electron chi connectivity index (χ1n) is 9.08. The maximum atomic E-state index is 15.3.